The minimum Gasteiger partial charge on any atom is -0.364 e. The van der Waals surface area contributed by atoms with E-state index in [1.165, 1.54) is 10.9 Å². The van der Waals surface area contributed by atoms with Gasteiger partial charge >= 0.3 is 0 Å². The van der Waals surface area contributed by atoms with E-state index in [1.807, 2.05) is 17.5 Å². The molecule has 0 radical (unpaired) electrons. The van der Waals surface area contributed by atoms with Crippen molar-refractivity contribution in [3.63, 3.8) is 0 Å². The lowest BCUT2D eigenvalue weighted by Crippen LogP contribution is -2.22. The van der Waals surface area contributed by atoms with E-state index < -0.39 is 0 Å². The fourth-order valence-corrected chi connectivity index (χ4v) is 2.60. The van der Waals surface area contributed by atoms with Crippen LogP contribution in [0.2, 0.25) is 0 Å². The van der Waals surface area contributed by atoms with Gasteiger partial charge in [-0.1, -0.05) is 6.07 Å². The summed E-state index contributed by atoms with van der Waals surface area (Å²) in [7, 11) is 0. The predicted octanol–water partition coefficient (Wildman–Crippen LogP) is 1.79. The van der Waals surface area contributed by atoms with Crippen LogP contribution in [0.1, 0.15) is 15.7 Å². The van der Waals surface area contributed by atoms with E-state index in [2.05, 4.69) is 15.3 Å². The molecule has 1 aliphatic rings. The zero-order chi connectivity index (χ0) is 12.4. The number of carbonyl (C=O) groups excluding carboxylic acids is 1. The fourth-order valence-electron chi connectivity index (χ4n) is 1.67. The standard InChI is InChI=1S/C12H10N4OS/c17-12(16-5-4-14-8-16)10-7-18-11(15-10)9-2-1-3-13-6-9/h1-8,11,15H. The number of imidazole rings is 1. The number of aromatic nitrogens is 3. The zero-order valence-electron chi connectivity index (χ0n) is 9.35. The van der Waals surface area contributed by atoms with Crippen molar-refractivity contribution in [2.75, 3.05) is 0 Å². The van der Waals surface area contributed by atoms with Crippen LogP contribution in [0.4, 0.5) is 0 Å². The molecule has 0 aromatic carbocycles. The number of pyridine rings is 1. The third kappa shape index (κ3) is 2.02. The van der Waals surface area contributed by atoms with Crippen LogP contribution in [0, 0.1) is 0 Å². The van der Waals surface area contributed by atoms with Crippen LogP contribution >= 0.6 is 11.8 Å². The zero-order valence-corrected chi connectivity index (χ0v) is 10.2. The van der Waals surface area contributed by atoms with Gasteiger partial charge in [-0.15, -0.1) is 11.8 Å². The van der Waals surface area contributed by atoms with Crippen molar-refractivity contribution in [1.29, 1.82) is 0 Å². The molecule has 1 atom stereocenters. The molecule has 90 valence electrons. The first-order valence-electron chi connectivity index (χ1n) is 5.39. The molecule has 5 nitrogen and oxygen atoms in total. The first-order chi connectivity index (χ1) is 8.84. The van der Waals surface area contributed by atoms with Crippen molar-refractivity contribution >= 4 is 17.7 Å². The topological polar surface area (TPSA) is 59.8 Å². The van der Waals surface area contributed by atoms with Crippen LogP contribution in [0.15, 0.2) is 54.4 Å². The number of hydrogen-bond acceptors (Lipinski definition) is 5. The van der Waals surface area contributed by atoms with Crippen molar-refractivity contribution in [2.45, 2.75) is 5.37 Å². The smallest absolute Gasteiger partial charge is 0.279 e. The number of carbonyl (C=O) groups is 1. The Morgan fingerprint density at radius 3 is 3.06 bits per heavy atom. The van der Waals surface area contributed by atoms with Gasteiger partial charge < -0.3 is 5.32 Å². The number of nitrogens with one attached hydrogen (secondary N) is 1. The highest BCUT2D eigenvalue weighted by Gasteiger charge is 2.23. The number of allylic oxidation sites excluding steroid dienone is 1. The molecule has 0 saturated carbocycles. The first kappa shape index (κ1) is 11.0. The van der Waals surface area contributed by atoms with Crippen molar-refractivity contribution < 1.29 is 4.79 Å². The summed E-state index contributed by atoms with van der Waals surface area (Å²) in [6, 6.07) is 3.86. The van der Waals surface area contributed by atoms with Crippen LogP contribution in [0.5, 0.6) is 0 Å². The molecular formula is C12H10N4OS. The predicted molar refractivity (Wildman–Crippen MR) is 68.6 cm³/mol. The molecule has 0 bridgehead atoms. The van der Waals surface area contributed by atoms with Gasteiger partial charge in [0.1, 0.15) is 17.4 Å². The molecule has 1 aliphatic heterocycles. The van der Waals surface area contributed by atoms with Gasteiger partial charge in [-0.05, 0) is 6.07 Å². The monoisotopic (exact) mass is 258 g/mol. The number of nitrogens with zero attached hydrogens (tertiary/aromatic N) is 3. The van der Waals surface area contributed by atoms with Crippen molar-refractivity contribution in [3.8, 4) is 0 Å². The Hall–Kier alpha value is -2.08. The normalized spacial score (nSPS) is 18.2. The van der Waals surface area contributed by atoms with E-state index in [1.54, 1.807) is 36.5 Å². The Morgan fingerprint density at radius 1 is 1.39 bits per heavy atom. The van der Waals surface area contributed by atoms with Gasteiger partial charge in [-0.3, -0.25) is 14.3 Å². The molecular weight excluding hydrogens is 248 g/mol. The van der Waals surface area contributed by atoms with Gasteiger partial charge in [0, 0.05) is 35.8 Å². The Balaban J connectivity index is 1.74. The minimum absolute atomic E-state index is 0.0428. The first-order valence-corrected chi connectivity index (χ1v) is 6.33. The molecule has 3 rings (SSSR count). The van der Waals surface area contributed by atoms with E-state index >= 15 is 0 Å². The van der Waals surface area contributed by atoms with Crippen LogP contribution in [0.3, 0.4) is 0 Å². The third-order valence-electron chi connectivity index (χ3n) is 2.57. The molecule has 1 unspecified atom stereocenters. The number of hydrogen-bond donors (Lipinski definition) is 1. The number of thioether (sulfide) groups is 1. The number of rotatable bonds is 2. The Kier molecular flexibility index (Phi) is 2.85. The average Bonchev–Trinajstić information content (AvgIpc) is 3.10. The lowest BCUT2D eigenvalue weighted by molar-refractivity contribution is 0.0947. The maximum atomic E-state index is 12.0. The quantitative estimate of drug-likeness (QED) is 0.890. The highest BCUT2D eigenvalue weighted by molar-refractivity contribution is 8.02. The van der Waals surface area contributed by atoms with E-state index in [-0.39, 0.29) is 11.3 Å². The summed E-state index contributed by atoms with van der Waals surface area (Å²) < 4.78 is 1.45. The van der Waals surface area contributed by atoms with Gasteiger partial charge in [-0.25, -0.2) is 4.98 Å². The SMILES string of the molecule is O=C(C1=CSC(c2cccnc2)N1)n1ccnc1. The summed E-state index contributed by atoms with van der Waals surface area (Å²) in [6.07, 6.45) is 8.23. The molecule has 2 aromatic rings. The Bertz CT molecular complexity index is 579. The van der Waals surface area contributed by atoms with E-state index in [0.717, 1.165) is 5.56 Å². The molecule has 0 spiro atoms. The van der Waals surface area contributed by atoms with Gasteiger partial charge in [-0.2, -0.15) is 0 Å². The van der Waals surface area contributed by atoms with Gasteiger partial charge in [0.2, 0.25) is 0 Å². The molecule has 0 amide bonds. The van der Waals surface area contributed by atoms with Crippen LogP contribution in [-0.2, 0) is 0 Å². The highest BCUT2D eigenvalue weighted by Crippen LogP contribution is 2.33. The lowest BCUT2D eigenvalue weighted by Gasteiger charge is -2.12. The van der Waals surface area contributed by atoms with Crippen LogP contribution in [0.25, 0.3) is 0 Å². The Labute approximate surface area is 108 Å². The van der Waals surface area contributed by atoms with Gasteiger partial charge in [0.15, 0.2) is 0 Å². The maximum absolute atomic E-state index is 12.0. The fraction of sp³-hybridized carbons (Fsp3) is 0.0833. The summed E-state index contributed by atoms with van der Waals surface area (Å²) in [4.78, 5) is 20.0. The average molecular weight is 258 g/mol. The van der Waals surface area contributed by atoms with Gasteiger partial charge in [0.05, 0.1) is 0 Å². The lowest BCUT2D eigenvalue weighted by atomic mass is 10.3. The summed E-state index contributed by atoms with van der Waals surface area (Å²) in [5.74, 6) is -0.105. The summed E-state index contributed by atoms with van der Waals surface area (Å²) in [5.41, 5.74) is 1.62. The second-order valence-electron chi connectivity index (χ2n) is 3.75. The summed E-state index contributed by atoms with van der Waals surface area (Å²) in [5, 5.41) is 5.06. The third-order valence-corrected chi connectivity index (χ3v) is 3.60. The summed E-state index contributed by atoms with van der Waals surface area (Å²) >= 11 is 1.56. The van der Waals surface area contributed by atoms with E-state index in [4.69, 9.17) is 0 Å². The molecule has 1 N–H and O–H groups in total. The van der Waals surface area contributed by atoms with Crippen molar-refractivity contribution in [3.05, 3.63) is 59.9 Å². The molecule has 0 saturated heterocycles. The molecule has 0 fully saturated rings. The van der Waals surface area contributed by atoms with Crippen LogP contribution < -0.4 is 5.32 Å². The van der Waals surface area contributed by atoms with Crippen LogP contribution in [-0.4, -0.2) is 20.4 Å². The van der Waals surface area contributed by atoms with E-state index in [9.17, 15) is 4.79 Å². The molecule has 18 heavy (non-hydrogen) atoms. The molecule has 6 heteroatoms. The molecule has 3 heterocycles. The van der Waals surface area contributed by atoms with Crippen molar-refractivity contribution in [1.82, 2.24) is 19.9 Å². The largest absolute Gasteiger partial charge is 0.364 e. The van der Waals surface area contributed by atoms with Gasteiger partial charge in [0.25, 0.3) is 5.91 Å². The second kappa shape index (κ2) is 4.66. The molecule has 0 aliphatic carbocycles. The van der Waals surface area contributed by atoms with E-state index in [0.29, 0.717) is 5.70 Å². The Morgan fingerprint density at radius 2 is 2.33 bits per heavy atom. The van der Waals surface area contributed by atoms with Crippen molar-refractivity contribution in [2.24, 2.45) is 0 Å². The second-order valence-corrected chi connectivity index (χ2v) is 4.73. The maximum Gasteiger partial charge on any atom is 0.279 e. The molecule has 2 aromatic heterocycles. The minimum atomic E-state index is -0.105. The highest BCUT2D eigenvalue weighted by atomic mass is 32.2. The summed E-state index contributed by atoms with van der Waals surface area (Å²) in [6.45, 7) is 0.